The summed E-state index contributed by atoms with van der Waals surface area (Å²) < 4.78 is 0. The summed E-state index contributed by atoms with van der Waals surface area (Å²) in [6.45, 7) is 0. The molecule has 3 nitrogen and oxygen atoms in total. The number of benzene rings is 5. The first-order valence-electron chi connectivity index (χ1n) is 12.4. The number of rotatable bonds is 6. The number of aromatic nitrogens is 3. The Labute approximate surface area is 217 Å². The number of hydrogen-bond donors (Lipinski definition) is 0. The van der Waals surface area contributed by atoms with E-state index in [1.54, 1.807) is 0 Å². The summed E-state index contributed by atoms with van der Waals surface area (Å²) in [6, 6.07) is 50.0. The number of hydrogen-bond acceptors (Lipinski definition) is 3. The molecule has 0 amide bonds. The average molecular weight is 476 g/mol. The topological polar surface area (TPSA) is 38.7 Å². The molecule has 5 aromatic carbocycles. The Kier molecular flexibility index (Phi) is 6.33. The van der Waals surface area contributed by atoms with E-state index in [1.807, 2.05) is 60.7 Å². The van der Waals surface area contributed by atoms with Gasteiger partial charge >= 0.3 is 0 Å². The third kappa shape index (κ3) is 4.93. The molecule has 0 aliphatic rings. The molecule has 6 rings (SSSR count). The van der Waals surface area contributed by atoms with Gasteiger partial charge in [0.05, 0.1) is 0 Å². The monoisotopic (exact) mass is 475 g/mol. The maximum atomic E-state index is 4.92. The van der Waals surface area contributed by atoms with E-state index < -0.39 is 0 Å². The van der Waals surface area contributed by atoms with Crippen molar-refractivity contribution in [1.82, 2.24) is 15.0 Å². The Hall–Kier alpha value is -4.89. The summed E-state index contributed by atoms with van der Waals surface area (Å²) in [7, 11) is 0. The highest BCUT2D eigenvalue weighted by atomic mass is 15.0. The molecule has 3 heteroatoms. The first-order chi connectivity index (χ1) is 18.3. The summed E-state index contributed by atoms with van der Waals surface area (Å²) in [6.07, 6.45) is 0. The smallest absolute Gasteiger partial charge is 0.164 e. The second-order valence-electron chi connectivity index (χ2n) is 8.92. The van der Waals surface area contributed by atoms with E-state index in [-0.39, 0.29) is 5.92 Å². The zero-order valence-corrected chi connectivity index (χ0v) is 20.3. The Balaban J connectivity index is 1.50. The quantitative estimate of drug-likeness (QED) is 0.229. The molecular weight excluding hydrogens is 450 g/mol. The van der Waals surface area contributed by atoms with Crippen LogP contribution >= 0.6 is 0 Å². The predicted molar refractivity (Wildman–Crippen MR) is 150 cm³/mol. The highest BCUT2D eigenvalue weighted by Gasteiger charge is 2.18. The van der Waals surface area contributed by atoms with Crippen molar-refractivity contribution in [3.05, 3.63) is 162 Å². The van der Waals surface area contributed by atoms with E-state index in [0.29, 0.717) is 17.5 Å². The van der Waals surface area contributed by atoms with E-state index in [4.69, 9.17) is 15.0 Å². The normalized spacial score (nSPS) is 10.9. The zero-order valence-electron chi connectivity index (χ0n) is 20.3. The summed E-state index contributed by atoms with van der Waals surface area (Å²) >= 11 is 0. The second-order valence-corrected chi connectivity index (χ2v) is 8.92. The molecule has 0 spiro atoms. The summed E-state index contributed by atoms with van der Waals surface area (Å²) in [4.78, 5) is 14.7. The van der Waals surface area contributed by atoms with Gasteiger partial charge in [-0.25, -0.2) is 15.0 Å². The van der Waals surface area contributed by atoms with Crippen LogP contribution in [0, 0.1) is 0 Å². The van der Waals surface area contributed by atoms with Crippen LogP contribution < -0.4 is 0 Å². The molecule has 0 atom stereocenters. The maximum Gasteiger partial charge on any atom is 0.164 e. The summed E-state index contributed by atoms with van der Waals surface area (Å²) in [5, 5.41) is 0. The average Bonchev–Trinajstić information content (AvgIpc) is 2.99. The van der Waals surface area contributed by atoms with Gasteiger partial charge in [-0.2, -0.15) is 0 Å². The highest BCUT2D eigenvalue weighted by Crippen LogP contribution is 2.34. The fourth-order valence-electron chi connectivity index (χ4n) is 4.66. The van der Waals surface area contributed by atoms with E-state index in [2.05, 4.69) is 84.9 Å². The lowest BCUT2D eigenvalue weighted by molar-refractivity contribution is 0.976. The Morgan fingerprint density at radius 2 is 0.676 bits per heavy atom. The Morgan fingerprint density at radius 3 is 1.14 bits per heavy atom. The summed E-state index contributed by atoms with van der Waals surface area (Å²) in [5.74, 6) is 2.09. The van der Waals surface area contributed by atoms with Gasteiger partial charge in [0.2, 0.25) is 0 Å². The van der Waals surface area contributed by atoms with Gasteiger partial charge in [0, 0.05) is 22.6 Å². The Bertz CT molecular complexity index is 1500. The lowest BCUT2D eigenvalue weighted by Gasteiger charge is -2.19. The number of nitrogens with zero attached hydrogens (tertiary/aromatic N) is 3. The molecular formula is C34H25N3. The zero-order chi connectivity index (χ0) is 24.9. The largest absolute Gasteiger partial charge is 0.208 e. The lowest BCUT2D eigenvalue weighted by atomic mass is 9.84. The predicted octanol–water partition coefficient (Wildman–Crippen LogP) is 8.05. The van der Waals surface area contributed by atoms with E-state index in [0.717, 1.165) is 16.7 Å². The van der Waals surface area contributed by atoms with Crippen molar-refractivity contribution in [2.45, 2.75) is 5.92 Å². The van der Waals surface area contributed by atoms with Gasteiger partial charge in [0.15, 0.2) is 17.5 Å². The minimum atomic E-state index is 0.103. The molecule has 0 saturated carbocycles. The molecule has 176 valence electrons. The highest BCUT2D eigenvalue weighted by molar-refractivity contribution is 5.67. The third-order valence-corrected chi connectivity index (χ3v) is 6.44. The van der Waals surface area contributed by atoms with Crippen molar-refractivity contribution >= 4 is 0 Å². The molecule has 0 unspecified atom stereocenters. The molecule has 37 heavy (non-hydrogen) atoms. The van der Waals surface area contributed by atoms with Crippen LogP contribution in [0.25, 0.3) is 34.2 Å². The van der Waals surface area contributed by atoms with Crippen LogP contribution in [0.4, 0.5) is 0 Å². The van der Waals surface area contributed by atoms with Crippen LogP contribution in [0.15, 0.2) is 146 Å². The molecule has 0 fully saturated rings. The van der Waals surface area contributed by atoms with Crippen molar-refractivity contribution in [2.75, 3.05) is 0 Å². The van der Waals surface area contributed by atoms with Crippen molar-refractivity contribution in [3.63, 3.8) is 0 Å². The van der Waals surface area contributed by atoms with Crippen molar-refractivity contribution < 1.29 is 0 Å². The van der Waals surface area contributed by atoms with Gasteiger partial charge in [-0.05, 0) is 22.8 Å². The fraction of sp³-hybridized carbons (Fsp3) is 0.0294. The van der Waals surface area contributed by atoms with Crippen molar-refractivity contribution in [1.29, 1.82) is 0 Å². The second kappa shape index (κ2) is 10.4. The van der Waals surface area contributed by atoms with Crippen molar-refractivity contribution in [2.24, 2.45) is 0 Å². The van der Waals surface area contributed by atoms with Crippen LogP contribution in [0.2, 0.25) is 0 Å². The van der Waals surface area contributed by atoms with Gasteiger partial charge in [-0.15, -0.1) is 0 Å². The summed E-state index contributed by atoms with van der Waals surface area (Å²) in [5.41, 5.74) is 6.58. The molecule has 0 saturated heterocycles. The van der Waals surface area contributed by atoms with Crippen LogP contribution in [-0.4, -0.2) is 15.0 Å². The molecule has 0 radical (unpaired) electrons. The van der Waals surface area contributed by atoms with Crippen LogP contribution in [0.5, 0.6) is 0 Å². The van der Waals surface area contributed by atoms with Crippen LogP contribution in [0.1, 0.15) is 22.6 Å². The van der Waals surface area contributed by atoms with E-state index >= 15 is 0 Å². The van der Waals surface area contributed by atoms with Gasteiger partial charge in [-0.1, -0.05) is 140 Å². The molecule has 6 aromatic rings. The maximum absolute atomic E-state index is 4.92. The van der Waals surface area contributed by atoms with Gasteiger partial charge in [0.25, 0.3) is 0 Å². The minimum Gasteiger partial charge on any atom is -0.208 e. The third-order valence-electron chi connectivity index (χ3n) is 6.44. The minimum absolute atomic E-state index is 0.103. The van der Waals surface area contributed by atoms with Crippen molar-refractivity contribution in [3.8, 4) is 34.2 Å². The molecule has 0 aliphatic carbocycles. The van der Waals surface area contributed by atoms with Gasteiger partial charge < -0.3 is 0 Å². The first kappa shape index (κ1) is 22.6. The standard InChI is InChI=1S/C34H25N3/c1-5-14-25(15-6-1)31(26-16-7-2-8-17-26)29-22-13-23-30(24-29)34-36-32(27-18-9-3-10-19-27)35-33(37-34)28-20-11-4-12-21-28/h1-24,31H. The van der Waals surface area contributed by atoms with Crippen LogP contribution in [0.3, 0.4) is 0 Å². The SMILES string of the molecule is c1ccc(-c2nc(-c3ccccc3)nc(-c3cccc(C(c4ccccc4)c4ccccc4)c3)n2)cc1. The first-order valence-corrected chi connectivity index (χ1v) is 12.4. The van der Waals surface area contributed by atoms with Gasteiger partial charge in [0.1, 0.15) is 0 Å². The van der Waals surface area contributed by atoms with Crippen LogP contribution in [-0.2, 0) is 0 Å². The molecule has 1 aromatic heterocycles. The molecule has 0 aliphatic heterocycles. The van der Waals surface area contributed by atoms with E-state index in [1.165, 1.54) is 16.7 Å². The van der Waals surface area contributed by atoms with E-state index in [9.17, 15) is 0 Å². The fourth-order valence-corrected chi connectivity index (χ4v) is 4.66. The van der Waals surface area contributed by atoms with Gasteiger partial charge in [-0.3, -0.25) is 0 Å². The molecule has 0 bridgehead atoms. The molecule has 0 N–H and O–H groups in total. The lowest BCUT2D eigenvalue weighted by Crippen LogP contribution is -2.04. The molecule has 1 heterocycles. The Morgan fingerprint density at radius 1 is 0.324 bits per heavy atom.